The van der Waals surface area contributed by atoms with Gasteiger partial charge in [-0.15, -0.1) is 0 Å². The summed E-state index contributed by atoms with van der Waals surface area (Å²) in [5.74, 6) is 0.563. The molecule has 1 aliphatic carbocycles. The number of sulfonamides is 1. The van der Waals surface area contributed by atoms with E-state index in [1.807, 2.05) is 0 Å². The summed E-state index contributed by atoms with van der Waals surface area (Å²) in [6, 6.07) is 0.00873. The van der Waals surface area contributed by atoms with Gasteiger partial charge in [-0.05, 0) is 30.4 Å². The molecule has 1 heterocycles. The van der Waals surface area contributed by atoms with E-state index < -0.39 is 10.0 Å². The topological polar surface area (TPSA) is 72.0 Å². The van der Waals surface area contributed by atoms with E-state index in [0.717, 1.165) is 19.3 Å². The molecular formula is C11H16ClN3O2S. The molecule has 0 aromatic carbocycles. The number of nitrogens with zero attached hydrogens (tertiary/aromatic N) is 2. The van der Waals surface area contributed by atoms with Gasteiger partial charge in [0, 0.05) is 6.04 Å². The van der Waals surface area contributed by atoms with Gasteiger partial charge >= 0.3 is 0 Å². The molecule has 1 fully saturated rings. The van der Waals surface area contributed by atoms with Crippen LogP contribution in [0.25, 0.3) is 0 Å². The summed E-state index contributed by atoms with van der Waals surface area (Å²) < 4.78 is 26.9. The quantitative estimate of drug-likeness (QED) is 0.864. The van der Waals surface area contributed by atoms with Crippen LogP contribution >= 0.6 is 11.6 Å². The van der Waals surface area contributed by atoms with Crippen LogP contribution in [0.3, 0.4) is 0 Å². The maximum Gasteiger partial charge on any atom is 0.243 e. The van der Waals surface area contributed by atoms with Gasteiger partial charge in [0.05, 0.1) is 12.4 Å². The Labute approximate surface area is 112 Å². The zero-order valence-electron chi connectivity index (χ0n) is 10.1. The Kier molecular flexibility index (Phi) is 4.19. The molecule has 1 saturated carbocycles. The molecule has 0 spiro atoms. The molecule has 2 atom stereocenters. The molecule has 1 N–H and O–H groups in total. The molecule has 100 valence electrons. The average molecular weight is 290 g/mol. The van der Waals surface area contributed by atoms with E-state index in [0.29, 0.717) is 5.92 Å². The molecule has 1 aromatic heterocycles. The van der Waals surface area contributed by atoms with Crippen LogP contribution in [0.1, 0.15) is 32.6 Å². The Bertz CT molecular complexity index is 504. The maximum atomic E-state index is 12.1. The zero-order chi connectivity index (χ0) is 13.2. The largest absolute Gasteiger partial charge is 0.243 e. The van der Waals surface area contributed by atoms with Gasteiger partial charge in [-0.2, -0.15) is 0 Å². The minimum absolute atomic E-state index is 0.00873. The molecule has 0 saturated heterocycles. The van der Waals surface area contributed by atoms with Crippen LogP contribution in [-0.4, -0.2) is 24.4 Å². The van der Waals surface area contributed by atoms with Crippen molar-refractivity contribution in [3.8, 4) is 0 Å². The van der Waals surface area contributed by atoms with E-state index in [4.69, 9.17) is 11.6 Å². The highest BCUT2D eigenvalue weighted by molar-refractivity contribution is 7.89. The normalized spacial score (nSPS) is 25.0. The number of nitrogens with one attached hydrogen (secondary N) is 1. The third-order valence-corrected chi connectivity index (χ3v) is 4.84. The Hall–Kier alpha value is -0.720. The summed E-state index contributed by atoms with van der Waals surface area (Å²) in [6.45, 7) is 2.14. The molecule has 0 aliphatic heterocycles. The first-order valence-electron chi connectivity index (χ1n) is 5.97. The second-order valence-electron chi connectivity index (χ2n) is 4.78. The third-order valence-electron chi connectivity index (χ3n) is 3.17. The summed E-state index contributed by atoms with van der Waals surface area (Å²) in [7, 11) is -3.53. The Morgan fingerprint density at radius 2 is 2.00 bits per heavy atom. The predicted molar refractivity (Wildman–Crippen MR) is 68.8 cm³/mol. The lowest BCUT2D eigenvalue weighted by Crippen LogP contribution is -2.38. The molecule has 0 bridgehead atoms. The first kappa shape index (κ1) is 13.7. The maximum absolute atomic E-state index is 12.1. The lowest BCUT2D eigenvalue weighted by molar-refractivity contribution is 0.327. The molecule has 5 nitrogen and oxygen atoms in total. The lowest BCUT2D eigenvalue weighted by Gasteiger charge is -2.27. The fraction of sp³-hybridized carbons (Fsp3) is 0.636. The van der Waals surface area contributed by atoms with Gasteiger partial charge in [0.1, 0.15) is 4.90 Å². The van der Waals surface area contributed by atoms with Crippen molar-refractivity contribution in [3.63, 3.8) is 0 Å². The lowest BCUT2D eigenvalue weighted by atomic mass is 9.88. The zero-order valence-corrected chi connectivity index (χ0v) is 11.7. The SMILES string of the molecule is CC1CCCC(NS(=O)(=O)c2cnc(Cl)nc2)C1. The van der Waals surface area contributed by atoms with Crippen molar-refractivity contribution in [2.24, 2.45) is 5.92 Å². The molecule has 0 radical (unpaired) electrons. The highest BCUT2D eigenvalue weighted by Crippen LogP contribution is 2.24. The summed E-state index contributed by atoms with van der Waals surface area (Å²) in [5.41, 5.74) is 0. The van der Waals surface area contributed by atoms with Gasteiger partial charge in [-0.3, -0.25) is 0 Å². The van der Waals surface area contributed by atoms with Crippen LogP contribution in [0.15, 0.2) is 17.3 Å². The van der Waals surface area contributed by atoms with Crippen LogP contribution in [0.4, 0.5) is 0 Å². The van der Waals surface area contributed by atoms with Crippen LogP contribution < -0.4 is 4.72 Å². The molecule has 1 aromatic rings. The smallest absolute Gasteiger partial charge is 0.225 e. The number of rotatable bonds is 3. The summed E-state index contributed by atoms with van der Waals surface area (Å²) in [4.78, 5) is 7.44. The van der Waals surface area contributed by atoms with Crippen LogP contribution in [0, 0.1) is 5.92 Å². The molecule has 18 heavy (non-hydrogen) atoms. The van der Waals surface area contributed by atoms with E-state index in [-0.39, 0.29) is 16.2 Å². The number of hydrogen-bond donors (Lipinski definition) is 1. The van der Waals surface area contributed by atoms with E-state index in [1.165, 1.54) is 18.8 Å². The van der Waals surface area contributed by atoms with Crippen LogP contribution in [0.2, 0.25) is 5.28 Å². The predicted octanol–water partition coefficient (Wildman–Crippen LogP) is 1.99. The van der Waals surface area contributed by atoms with E-state index in [9.17, 15) is 8.42 Å². The summed E-state index contributed by atoms with van der Waals surface area (Å²) >= 11 is 5.54. The third kappa shape index (κ3) is 3.40. The highest BCUT2D eigenvalue weighted by Gasteiger charge is 2.25. The summed E-state index contributed by atoms with van der Waals surface area (Å²) in [6.07, 6.45) is 6.45. The van der Waals surface area contributed by atoms with E-state index in [1.54, 1.807) is 0 Å². The van der Waals surface area contributed by atoms with Gasteiger partial charge in [-0.1, -0.05) is 19.8 Å². The second-order valence-corrected chi connectivity index (χ2v) is 6.83. The van der Waals surface area contributed by atoms with Crippen molar-refractivity contribution in [1.82, 2.24) is 14.7 Å². The number of aromatic nitrogens is 2. The standard InChI is InChI=1S/C11H16ClN3O2S/c1-8-3-2-4-9(5-8)15-18(16,17)10-6-13-11(12)14-7-10/h6-9,15H,2-5H2,1H3. The molecule has 0 amide bonds. The van der Waals surface area contributed by atoms with Gasteiger partial charge < -0.3 is 0 Å². The van der Waals surface area contributed by atoms with Crippen molar-refractivity contribution in [2.45, 2.75) is 43.5 Å². The average Bonchev–Trinajstić information content (AvgIpc) is 2.29. The fourth-order valence-electron chi connectivity index (χ4n) is 2.27. The molecule has 2 unspecified atom stereocenters. The van der Waals surface area contributed by atoms with Crippen molar-refractivity contribution in [3.05, 3.63) is 17.7 Å². The molecule has 1 aliphatic rings. The van der Waals surface area contributed by atoms with Crippen LogP contribution in [0.5, 0.6) is 0 Å². The Balaban J connectivity index is 2.09. The number of halogens is 1. The summed E-state index contributed by atoms with van der Waals surface area (Å²) in [5, 5.41) is 0.0419. The van der Waals surface area contributed by atoms with Crippen LogP contribution in [-0.2, 0) is 10.0 Å². The molecule has 7 heteroatoms. The second kappa shape index (κ2) is 5.50. The van der Waals surface area contributed by atoms with Gasteiger partial charge in [0.15, 0.2) is 0 Å². The van der Waals surface area contributed by atoms with Gasteiger partial charge in [0.25, 0.3) is 0 Å². The van der Waals surface area contributed by atoms with Crippen molar-refractivity contribution in [2.75, 3.05) is 0 Å². The molecular weight excluding hydrogens is 274 g/mol. The monoisotopic (exact) mass is 289 g/mol. The first-order chi connectivity index (χ1) is 8.47. The minimum atomic E-state index is -3.53. The first-order valence-corrected chi connectivity index (χ1v) is 7.83. The Morgan fingerprint density at radius 3 is 2.61 bits per heavy atom. The minimum Gasteiger partial charge on any atom is -0.225 e. The van der Waals surface area contributed by atoms with Gasteiger partial charge in [-0.25, -0.2) is 23.1 Å². The van der Waals surface area contributed by atoms with Gasteiger partial charge in [0.2, 0.25) is 15.3 Å². The Morgan fingerprint density at radius 1 is 1.33 bits per heavy atom. The fourth-order valence-corrected chi connectivity index (χ4v) is 3.54. The van der Waals surface area contributed by atoms with Crippen molar-refractivity contribution >= 4 is 21.6 Å². The van der Waals surface area contributed by atoms with E-state index in [2.05, 4.69) is 21.6 Å². The highest BCUT2D eigenvalue weighted by atomic mass is 35.5. The van der Waals surface area contributed by atoms with Crippen molar-refractivity contribution < 1.29 is 8.42 Å². The molecule has 2 rings (SSSR count). The van der Waals surface area contributed by atoms with E-state index >= 15 is 0 Å². The van der Waals surface area contributed by atoms with Crippen molar-refractivity contribution in [1.29, 1.82) is 0 Å². The number of hydrogen-bond acceptors (Lipinski definition) is 4.